The fourth-order valence-electron chi connectivity index (χ4n) is 3.50. The van der Waals surface area contributed by atoms with Crippen molar-refractivity contribution in [3.63, 3.8) is 0 Å². The van der Waals surface area contributed by atoms with E-state index >= 15 is 0 Å². The number of rotatable bonds is 4. The lowest BCUT2D eigenvalue weighted by atomic mass is 10.1. The van der Waals surface area contributed by atoms with E-state index in [4.69, 9.17) is 14.8 Å². The van der Waals surface area contributed by atoms with Gasteiger partial charge in [-0.25, -0.2) is 9.67 Å². The average Bonchev–Trinajstić information content (AvgIpc) is 3.22. The zero-order chi connectivity index (χ0) is 22.8. The lowest BCUT2D eigenvalue weighted by Gasteiger charge is -2.18. The highest BCUT2D eigenvalue weighted by Gasteiger charge is 2.18. The van der Waals surface area contributed by atoms with Gasteiger partial charge in [0.05, 0.1) is 23.3 Å². The van der Waals surface area contributed by atoms with Gasteiger partial charge < -0.3 is 10.1 Å². The number of nitrogens with zero attached hydrogens (tertiary/aromatic N) is 3. The standard InChI is InChI=1S/C26H22N4O2S/c1-17-7-9-19(10-8-17)14-27-30-23(16-33-26(30)29-21-6-4-3-5-18(21)2)20-11-12-24-22(13-20)28-25(31)15-32-24/h3-14,16H,15H2,1-2H3,(H,28,31). The van der Waals surface area contributed by atoms with Crippen molar-refractivity contribution in [2.24, 2.45) is 10.1 Å². The molecule has 2 heterocycles. The topological polar surface area (TPSA) is 68.0 Å². The Morgan fingerprint density at radius 1 is 1.06 bits per heavy atom. The van der Waals surface area contributed by atoms with Crippen LogP contribution in [0.3, 0.4) is 0 Å². The second-order valence-corrected chi connectivity index (χ2v) is 8.65. The highest BCUT2D eigenvalue weighted by molar-refractivity contribution is 7.07. The summed E-state index contributed by atoms with van der Waals surface area (Å²) in [4.78, 5) is 17.4. The first-order chi connectivity index (χ1) is 16.1. The maximum Gasteiger partial charge on any atom is 0.262 e. The van der Waals surface area contributed by atoms with E-state index in [9.17, 15) is 4.79 Å². The van der Waals surface area contributed by atoms with E-state index in [1.54, 1.807) is 0 Å². The van der Waals surface area contributed by atoms with Crippen molar-refractivity contribution in [2.75, 3.05) is 11.9 Å². The van der Waals surface area contributed by atoms with Gasteiger partial charge in [-0.1, -0.05) is 48.0 Å². The molecule has 3 aromatic carbocycles. The van der Waals surface area contributed by atoms with Crippen molar-refractivity contribution in [3.8, 4) is 17.0 Å². The number of benzene rings is 3. The number of hydrogen-bond donors (Lipinski definition) is 1. The van der Waals surface area contributed by atoms with Crippen molar-refractivity contribution in [2.45, 2.75) is 13.8 Å². The molecule has 0 fully saturated rings. The maximum atomic E-state index is 11.8. The Morgan fingerprint density at radius 3 is 2.70 bits per heavy atom. The maximum absolute atomic E-state index is 11.8. The summed E-state index contributed by atoms with van der Waals surface area (Å²) < 4.78 is 7.34. The Labute approximate surface area is 195 Å². The first-order valence-corrected chi connectivity index (χ1v) is 11.4. The van der Waals surface area contributed by atoms with Crippen LogP contribution in [0.25, 0.3) is 11.3 Å². The molecule has 6 nitrogen and oxygen atoms in total. The Morgan fingerprint density at radius 2 is 1.88 bits per heavy atom. The molecule has 0 radical (unpaired) electrons. The molecule has 0 saturated heterocycles. The van der Waals surface area contributed by atoms with Gasteiger partial charge in [-0.2, -0.15) is 5.10 Å². The zero-order valence-electron chi connectivity index (χ0n) is 18.3. The van der Waals surface area contributed by atoms with Gasteiger partial charge in [-0.15, -0.1) is 11.3 Å². The van der Waals surface area contributed by atoms with E-state index < -0.39 is 0 Å². The van der Waals surface area contributed by atoms with Gasteiger partial charge in [-0.05, 0) is 49.2 Å². The molecule has 4 aromatic rings. The molecule has 1 aliphatic heterocycles. The minimum atomic E-state index is -0.162. The number of ether oxygens (including phenoxy) is 1. The molecule has 0 aliphatic carbocycles. The van der Waals surface area contributed by atoms with E-state index in [1.807, 2.05) is 77.8 Å². The van der Waals surface area contributed by atoms with Crippen molar-refractivity contribution in [1.82, 2.24) is 4.68 Å². The Hall–Kier alpha value is -3.97. The highest BCUT2D eigenvalue weighted by Crippen LogP contribution is 2.33. The van der Waals surface area contributed by atoms with Crippen LogP contribution < -0.4 is 14.9 Å². The fraction of sp³-hybridized carbons (Fsp3) is 0.115. The van der Waals surface area contributed by atoms with Crippen LogP contribution in [0.5, 0.6) is 5.75 Å². The summed E-state index contributed by atoms with van der Waals surface area (Å²) in [5.41, 5.74) is 6.62. The lowest BCUT2D eigenvalue weighted by molar-refractivity contribution is -0.118. The van der Waals surface area contributed by atoms with Crippen LogP contribution in [0, 0.1) is 13.8 Å². The number of amides is 1. The summed E-state index contributed by atoms with van der Waals surface area (Å²) in [6.45, 7) is 4.13. The number of hydrogen-bond acceptors (Lipinski definition) is 5. The normalized spacial score (nSPS) is 13.6. The third kappa shape index (κ3) is 4.49. The van der Waals surface area contributed by atoms with Crippen LogP contribution in [0.1, 0.15) is 16.7 Å². The summed E-state index contributed by atoms with van der Waals surface area (Å²) in [5, 5.41) is 9.68. The van der Waals surface area contributed by atoms with Crippen LogP contribution in [0.4, 0.5) is 11.4 Å². The van der Waals surface area contributed by atoms with Crippen LogP contribution in [-0.4, -0.2) is 23.4 Å². The zero-order valence-corrected chi connectivity index (χ0v) is 19.1. The Kier molecular flexibility index (Phi) is 5.62. The highest BCUT2D eigenvalue weighted by atomic mass is 32.1. The fourth-order valence-corrected chi connectivity index (χ4v) is 4.35. The predicted molar refractivity (Wildman–Crippen MR) is 132 cm³/mol. The number of nitrogens with one attached hydrogen (secondary N) is 1. The molecule has 33 heavy (non-hydrogen) atoms. The molecule has 164 valence electrons. The molecule has 1 N–H and O–H groups in total. The molecule has 0 bridgehead atoms. The number of aryl methyl sites for hydroxylation is 2. The van der Waals surface area contributed by atoms with Gasteiger partial charge in [0.25, 0.3) is 5.91 Å². The second-order valence-electron chi connectivity index (χ2n) is 7.82. The van der Waals surface area contributed by atoms with Gasteiger partial charge in [0.2, 0.25) is 4.80 Å². The summed E-state index contributed by atoms with van der Waals surface area (Å²) in [6.07, 6.45) is 1.83. The van der Waals surface area contributed by atoms with Gasteiger partial charge >= 0.3 is 0 Å². The van der Waals surface area contributed by atoms with Crippen LogP contribution in [0.15, 0.2) is 82.2 Å². The average molecular weight is 455 g/mol. The molecule has 0 unspecified atom stereocenters. The Bertz CT molecular complexity index is 1430. The van der Waals surface area contributed by atoms with Crippen molar-refractivity contribution >= 4 is 34.8 Å². The van der Waals surface area contributed by atoms with Gasteiger partial charge in [-0.3, -0.25) is 4.79 Å². The largest absolute Gasteiger partial charge is 0.482 e. The number of aromatic nitrogens is 1. The molecule has 1 aliphatic rings. The first kappa shape index (κ1) is 20.9. The number of anilines is 1. The second kappa shape index (κ2) is 8.88. The molecule has 0 spiro atoms. The molecule has 5 rings (SSSR count). The van der Waals surface area contributed by atoms with E-state index in [1.165, 1.54) is 16.9 Å². The smallest absolute Gasteiger partial charge is 0.262 e. The number of fused-ring (bicyclic) bond motifs is 1. The molecule has 7 heteroatoms. The van der Waals surface area contributed by atoms with E-state index in [0.29, 0.717) is 11.4 Å². The van der Waals surface area contributed by atoms with Crippen LogP contribution in [0.2, 0.25) is 0 Å². The molecule has 0 saturated carbocycles. The van der Waals surface area contributed by atoms with E-state index in [2.05, 4.69) is 24.4 Å². The minimum Gasteiger partial charge on any atom is -0.482 e. The van der Waals surface area contributed by atoms with Crippen molar-refractivity contribution < 1.29 is 9.53 Å². The molecular formula is C26H22N4O2S. The van der Waals surface area contributed by atoms with Crippen LogP contribution in [-0.2, 0) is 4.79 Å². The molecule has 1 aromatic heterocycles. The predicted octanol–water partition coefficient (Wildman–Crippen LogP) is 5.28. The molecule has 0 atom stereocenters. The summed E-state index contributed by atoms with van der Waals surface area (Å²) in [5.74, 6) is 0.499. The van der Waals surface area contributed by atoms with Gasteiger partial charge in [0, 0.05) is 10.9 Å². The summed E-state index contributed by atoms with van der Waals surface area (Å²) >= 11 is 1.51. The quantitative estimate of drug-likeness (QED) is 0.426. The summed E-state index contributed by atoms with van der Waals surface area (Å²) in [6, 6.07) is 22.0. The van der Waals surface area contributed by atoms with Crippen LogP contribution >= 0.6 is 11.3 Å². The first-order valence-electron chi connectivity index (χ1n) is 10.6. The third-order valence-corrected chi connectivity index (χ3v) is 6.14. The summed E-state index contributed by atoms with van der Waals surface area (Å²) in [7, 11) is 0. The Balaban J connectivity index is 1.63. The number of thiazole rings is 1. The number of para-hydroxylation sites is 1. The van der Waals surface area contributed by atoms with Crippen molar-refractivity contribution in [1.29, 1.82) is 0 Å². The van der Waals surface area contributed by atoms with E-state index in [0.717, 1.165) is 32.9 Å². The minimum absolute atomic E-state index is 0.0328. The van der Waals surface area contributed by atoms with E-state index in [-0.39, 0.29) is 12.5 Å². The lowest BCUT2D eigenvalue weighted by Crippen LogP contribution is -2.25. The SMILES string of the molecule is Cc1ccc(C=Nn2c(-c3ccc4c(c3)NC(=O)CO4)csc2=Nc2ccccc2C)cc1. The van der Waals surface area contributed by atoms with Gasteiger partial charge in [0.1, 0.15) is 5.75 Å². The number of carbonyl (C=O) groups is 1. The monoisotopic (exact) mass is 454 g/mol. The molecular weight excluding hydrogens is 432 g/mol. The van der Waals surface area contributed by atoms with Gasteiger partial charge in [0.15, 0.2) is 6.61 Å². The van der Waals surface area contributed by atoms with Crippen molar-refractivity contribution in [3.05, 3.63) is 93.6 Å². The third-order valence-electron chi connectivity index (χ3n) is 5.32. The molecule has 1 amide bonds. The number of carbonyl (C=O) groups excluding carboxylic acids is 1.